The number of benzene rings is 1. The number of phenols is 1. The molecule has 0 saturated carbocycles. The maximum atomic E-state index is 13.7. The third-order valence-electron chi connectivity index (χ3n) is 14.5. The van der Waals surface area contributed by atoms with Gasteiger partial charge in [-0.15, -0.1) is 0 Å². The number of guanidine groups is 1. The Balaban J connectivity index is 2.24. The number of carbonyl (C=O) groups excluding carboxylic acids is 8. The Labute approximate surface area is 544 Å². The summed E-state index contributed by atoms with van der Waals surface area (Å²) in [5.74, 6) is -3.98. The zero-order valence-corrected chi connectivity index (χ0v) is 55.3. The molecular formula is C63H110N10O18S. The quantitative estimate of drug-likeness (QED) is 0.0193. The highest BCUT2D eigenvalue weighted by Crippen LogP contribution is 2.15. The Morgan fingerprint density at radius 2 is 1.12 bits per heavy atom. The van der Waals surface area contributed by atoms with Crippen molar-refractivity contribution >= 4 is 68.9 Å². The van der Waals surface area contributed by atoms with Crippen molar-refractivity contribution in [2.75, 3.05) is 91.3 Å². The molecule has 0 aliphatic rings. The first-order valence-electron chi connectivity index (χ1n) is 32.7. The first-order chi connectivity index (χ1) is 43.9. The molecule has 1 rings (SSSR count). The van der Waals surface area contributed by atoms with Gasteiger partial charge in [0, 0.05) is 70.8 Å². The Morgan fingerprint density at radius 1 is 0.533 bits per heavy atom. The molecule has 0 radical (unpaired) electrons. The molecule has 0 fully saturated rings. The first kappa shape index (κ1) is 83.8. The van der Waals surface area contributed by atoms with Crippen LogP contribution in [-0.4, -0.2) is 197 Å². The van der Waals surface area contributed by atoms with Gasteiger partial charge >= 0.3 is 5.97 Å². The highest BCUT2D eigenvalue weighted by molar-refractivity contribution is 7.85. The number of aromatic hydroxyl groups is 1. The molecule has 0 aliphatic heterocycles. The molecule has 28 nitrogen and oxygen atoms in total. The number of ketones is 3. The third kappa shape index (κ3) is 50.4. The lowest BCUT2D eigenvalue weighted by atomic mass is 10.0. The number of nitrogens with one attached hydrogen (secondary N) is 6. The van der Waals surface area contributed by atoms with Crippen molar-refractivity contribution < 1.29 is 85.3 Å². The SMILES string of the molecule is CC(C)CC(=O)CN[C@@H](CCCCNC(=O)COCCOCCCC(=O)COCCOCCNC(=O)CC[C@H](NC(=O)CCCCCCCCCCCCCCCS(=O)(=O)O)C(=O)O)C(=O)CN[C@@H](CCCN=C(N)N)CC(=O)N[C@@H](Cc1ccc(O)cc1)C(N)=O. The third-order valence-corrected chi connectivity index (χ3v) is 15.3. The molecule has 0 unspecified atom stereocenters. The number of unbranched alkanes of at least 4 members (excludes halogenated alkanes) is 13. The van der Waals surface area contributed by atoms with E-state index < -0.39 is 52.1 Å². The molecule has 0 bridgehead atoms. The van der Waals surface area contributed by atoms with Crippen LogP contribution in [0.2, 0.25) is 0 Å². The van der Waals surface area contributed by atoms with Crippen molar-refractivity contribution in [2.45, 2.75) is 205 Å². The van der Waals surface area contributed by atoms with Gasteiger partial charge in [-0.2, -0.15) is 8.42 Å². The largest absolute Gasteiger partial charge is 0.508 e. The first-order valence-corrected chi connectivity index (χ1v) is 34.3. The molecule has 1 aromatic carbocycles. The predicted molar refractivity (Wildman–Crippen MR) is 348 cm³/mol. The Bertz CT molecular complexity index is 2420. The van der Waals surface area contributed by atoms with Crippen LogP contribution in [0, 0.1) is 5.92 Å². The number of carbonyl (C=O) groups is 9. The Morgan fingerprint density at radius 3 is 1.73 bits per heavy atom. The van der Waals surface area contributed by atoms with Gasteiger partial charge < -0.3 is 78.3 Å². The van der Waals surface area contributed by atoms with Crippen LogP contribution in [0.15, 0.2) is 29.3 Å². The van der Waals surface area contributed by atoms with Crippen molar-refractivity contribution in [3.05, 3.63) is 29.8 Å². The van der Waals surface area contributed by atoms with E-state index in [4.69, 9.17) is 40.7 Å². The van der Waals surface area contributed by atoms with Gasteiger partial charge in [0.15, 0.2) is 17.5 Å². The number of hydrogen-bond donors (Lipinski definition) is 12. The van der Waals surface area contributed by atoms with Crippen molar-refractivity contribution in [1.29, 1.82) is 0 Å². The Kier molecular flexibility index (Phi) is 48.5. The van der Waals surface area contributed by atoms with E-state index in [0.717, 1.165) is 70.6 Å². The summed E-state index contributed by atoms with van der Waals surface area (Å²) in [6.07, 6.45) is 15.9. The minimum absolute atomic E-state index is 0.00758. The highest BCUT2D eigenvalue weighted by Gasteiger charge is 2.25. The van der Waals surface area contributed by atoms with Crippen LogP contribution in [0.1, 0.15) is 180 Å². The minimum atomic E-state index is -3.86. The van der Waals surface area contributed by atoms with E-state index in [1.54, 1.807) is 12.1 Å². The van der Waals surface area contributed by atoms with Crippen LogP contribution in [-0.2, 0) is 78.6 Å². The molecule has 29 heteroatoms. The predicted octanol–water partition coefficient (Wildman–Crippen LogP) is 2.97. The topological polar surface area (TPSA) is 448 Å². The van der Waals surface area contributed by atoms with Gasteiger partial charge in [0.2, 0.25) is 29.5 Å². The molecule has 0 saturated heterocycles. The molecule has 92 heavy (non-hydrogen) atoms. The minimum Gasteiger partial charge on any atom is -0.508 e. The summed E-state index contributed by atoms with van der Waals surface area (Å²) in [6.45, 7) is 5.35. The molecule has 0 spiro atoms. The Hall–Kier alpha value is -6.21. The average Bonchev–Trinajstić information content (AvgIpc) is 1.70. The molecular weight excluding hydrogens is 1220 g/mol. The number of nitrogens with two attached hydrogens (primary N) is 3. The zero-order chi connectivity index (χ0) is 68.2. The zero-order valence-electron chi connectivity index (χ0n) is 54.5. The van der Waals surface area contributed by atoms with E-state index in [1.807, 2.05) is 13.8 Å². The molecule has 526 valence electrons. The standard InChI is InChI=1S/C63H110N10O18S/c1-47(2)40-52(76)43-71-53(56(77)44-70-49(20-18-31-69-63(65)66)42-59(80)73-55(61(64)82)41-48-24-26-50(74)27-25-48)22-15-16-30-67-60(81)46-91-38-35-88-33-19-21-51(75)45-90-37-36-89-34-32-68-57(78)29-28-54(62(83)84)72-58(79)23-14-12-10-8-6-4-3-5-7-9-11-13-17-39-92(85,86)87/h24-27,47,49,53-55,70-71,74H,3-23,28-46H2,1-2H3,(H2,64,82)(H,67,81)(H,68,78)(H,72,79)(H,73,80)(H,83,84)(H4,65,66,69)(H,85,86,87)/t49-,53-,54-,55-/m0/s1. The van der Waals surface area contributed by atoms with E-state index in [0.29, 0.717) is 76.5 Å². The van der Waals surface area contributed by atoms with Gasteiger partial charge in [0.05, 0.1) is 57.9 Å². The summed E-state index contributed by atoms with van der Waals surface area (Å²) in [4.78, 5) is 117. The maximum absolute atomic E-state index is 13.7. The maximum Gasteiger partial charge on any atom is 0.326 e. The van der Waals surface area contributed by atoms with Gasteiger partial charge in [-0.05, 0) is 81.4 Å². The number of aliphatic imine (C=N–C) groups is 1. The fourth-order valence-corrected chi connectivity index (χ4v) is 10.1. The van der Waals surface area contributed by atoms with E-state index >= 15 is 0 Å². The lowest BCUT2D eigenvalue weighted by molar-refractivity contribution is -0.142. The summed E-state index contributed by atoms with van der Waals surface area (Å²) in [7, 11) is -3.86. The van der Waals surface area contributed by atoms with Crippen LogP contribution >= 0.6 is 0 Å². The van der Waals surface area contributed by atoms with Crippen LogP contribution in [0.4, 0.5) is 0 Å². The van der Waals surface area contributed by atoms with E-state index in [1.165, 1.54) is 12.1 Å². The molecule has 1 aromatic rings. The number of phenolic OH excluding ortho intramolecular Hbond substituents is 1. The summed E-state index contributed by atoms with van der Waals surface area (Å²) in [5.41, 5.74) is 17.3. The molecule has 0 heterocycles. The number of Topliss-reactive ketones (excluding diaryl/α,β-unsaturated/α-hetero) is 3. The number of ether oxygens (including phenoxy) is 4. The molecule has 15 N–H and O–H groups in total. The summed E-state index contributed by atoms with van der Waals surface area (Å²) in [6, 6.07) is 2.73. The second-order valence-corrected chi connectivity index (χ2v) is 25.0. The molecule has 0 aromatic heterocycles. The lowest BCUT2D eigenvalue weighted by Gasteiger charge is -2.23. The number of amides is 5. The number of carboxylic acids is 1. The van der Waals surface area contributed by atoms with Crippen LogP contribution in [0.3, 0.4) is 0 Å². The van der Waals surface area contributed by atoms with Gasteiger partial charge in [0.25, 0.3) is 10.1 Å². The fourth-order valence-electron chi connectivity index (χ4n) is 9.55. The van der Waals surface area contributed by atoms with Crippen LogP contribution < -0.4 is 49.1 Å². The monoisotopic (exact) mass is 1330 g/mol. The molecule has 0 aliphatic carbocycles. The second kappa shape index (κ2) is 53.2. The number of nitrogens with zero attached hydrogens (tertiary/aromatic N) is 1. The summed E-state index contributed by atoms with van der Waals surface area (Å²) in [5, 5.41) is 36.1. The molecule has 5 amide bonds. The number of rotatable bonds is 62. The van der Waals surface area contributed by atoms with E-state index in [9.17, 15) is 61.8 Å². The van der Waals surface area contributed by atoms with Crippen LogP contribution in [0.5, 0.6) is 5.75 Å². The van der Waals surface area contributed by atoms with Gasteiger partial charge in [-0.1, -0.05) is 96.6 Å². The van der Waals surface area contributed by atoms with Gasteiger partial charge in [-0.3, -0.25) is 47.9 Å². The summed E-state index contributed by atoms with van der Waals surface area (Å²) >= 11 is 0. The van der Waals surface area contributed by atoms with Crippen molar-refractivity contribution in [1.82, 2.24) is 31.9 Å². The average molecular weight is 1330 g/mol. The van der Waals surface area contributed by atoms with E-state index in [-0.39, 0.29) is 169 Å². The second-order valence-electron chi connectivity index (χ2n) is 23.5. The van der Waals surface area contributed by atoms with Crippen molar-refractivity contribution in [3.63, 3.8) is 0 Å². The van der Waals surface area contributed by atoms with Gasteiger partial charge in [-0.25, -0.2) is 4.79 Å². The fraction of sp³-hybridized carbons (Fsp3) is 0.746. The number of hydrogen-bond acceptors (Lipinski definition) is 19. The van der Waals surface area contributed by atoms with E-state index in [2.05, 4.69) is 36.9 Å². The number of aliphatic carboxylic acids is 1. The lowest BCUT2D eigenvalue weighted by Crippen LogP contribution is -2.49. The normalized spacial score (nSPS) is 12.7. The summed E-state index contributed by atoms with van der Waals surface area (Å²) < 4.78 is 52.0. The van der Waals surface area contributed by atoms with Crippen molar-refractivity contribution in [3.8, 4) is 5.75 Å². The number of carboxylic acid groups (broad SMARTS) is 1. The van der Waals surface area contributed by atoms with Gasteiger partial charge in [0.1, 0.15) is 36.8 Å². The number of primary amides is 1. The smallest absolute Gasteiger partial charge is 0.326 e. The van der Waals surface area contributed by atoms with Crippen molar-refractivity contribution in [2.24, 2.45) is 28.1 Å². The highest BCUT2D eigenvalue weighted by atomic mass is 32.2. The van der Waals surface area contributed by atoms with Crippen LogP contribution in [0.25, 0.3) is 0 Å². The molecule has 4 atom stereocenters.